The minimum Gasteiger partial charge on any atom is -0.460 e. The predicted octanol–water partition coefficient (Wildman–Crippen LogP) is 3.23. The highest BCUT2D eigenvalue weighted by Gasteiger charge is 2.33. The van der Waals surface area contributed by atoms with Crippen molar-refractivity contribution in [3.63, 3.8) is 0 Å². The first-order valence-corrected chi connectivity index (χ1v) is 9.13. The predicted molar refractivity (Wildman–Crippen MR) is 96.3 cm³/mol. The van der Waals surface area contributed by atoms with Gasteiger partial charge in [-0.1, -0.05) is 5.16 Å². The van der Waals surface area contributed by atoms with Crippen molar-refractivity contribution in [3.8, 4) is 17.3 Å². The van der Waals surface area contributed by atoms with Gasteiger partial charge in [-0.15, -0.1) is 0 Å². The Morgan fingerprint density at radius 2 is 2.00 bits per heavy atom. The van der Waals surface area contributed by atoms with E-state index in [1.807, 2.05) is 0 Å². The lowest BCUT2D eigenvalue weighted by Gasteiger charge is -2.31. The maximum absolute atomic E-state index is 12.8. The molecule has 0 bridgehead atoms. The standard InChI is InChI=1S/C19H16F3N5O3/c20-19(21,22)16-3-7-24-18(25-16)29-13-4-8-27(9-5-13)17(28)14-10-15(30-26-14)12-2-1-6-23-11-12/h1-3,6-7,10-11,13H,4-5,8-9H2. The summed E-state index contributed by atoms with van der Waals surface area (Å²) in [4.78, 5) is 25.4. The Morgan fingerprint density at radius 3 is 2.70 bits per heavy atom. The van der Waals surface area contributed by atoms with E-state index in [9.17, 15) is 18.0 Å². The van der Waals surface area contributed by atoms with Crippen molar-refractivity contribution in [3.05, 3.63) is 54.2 Å². The number of nitrogens with zero attached hydrogens (tertiary/aromatic N) is 5. The second-order valence-corrected chi connectivity index (χ2v) is 6.65. The molecule has 3 aromatic rings. The Balaban J connectivity index is 1.35. The third-order valence-corrected chi connectivity index (χ3v) is 4.60. The van der Waals surface area contributed by atoms with Crippen molar-refractivity contribution >= 4 is 5.91 Å². The number of alkyl halides is 3. The second-order valence-electron chi connectivity index (χ2n) is 6.65. The smallest absolute Gasteiger partial charge is 0.433 e. The van der Waals surface area contributed by atoms with Gasteiger partial charge in [0.1, 0.15) is 6.10 Å². The van der Waals surface area contributed by atoms with Gasteiger partial charge in [0.2, 0.25) is 0 Å². The zero-order chi connectivity index (χ0) is 21.1. The molecule has 0 N–H and O–H groups in total. The summed E-state index contributed by atoms with van der Waals surface area (Å²) in [5.41, 5.74) is -0.178. The summed E-state index contributed by atoms with van der Waals surface area (Å²) in [6.07, 6.45) is 0.144. The van der Waals surface area contributed by atoms with Crippen molar-refractivity contribution in [1.82, 2.24) is 25.0 Å². The molecule has 0 aromatic carbocycles. The summed E-state index contributed by atoms with van der Waals surface area (Å²) in [6, 6.07) is 5.55. The maximum atomic E-state index is 12.8. The Morgan fingerprint density at radius 1 is 1.20 bits per heavy atom. The van der Waals surface area contributed by atoms with E-state index < -0.39 is 11.9 Å². The molecular weight excluding hydrogens is 403 g/mol. The number of ether oxygens (including phenoxy) is 1. The molecule has 4 rings (SSSR count). The molecule has 4 heterocycles. The lowest BCUT2D eigenvalue weighted by Crippen LogP contribution is -2.42. The maximum Gasteiger partial charge on any atom is 0.433 e. The molecule has 1 aliphatic heterocycles. The number of likely N-dealkylation sites (tertiary alicyclic amines) is 1. The largest absolute Gasteiger partial charge is 0.460 e. The highest BCUT2D eigenvalue weighted by Crippen LogP contribution is 2.28. The first-order chi connectivity index (χ1) is 14.4. The van der Waals surface area contributed by atoms with E-state index in [0.717, 1.165) is 12.3 Å². The van der Waals surface area contributed by atoms with Crippen LogP contribution in [0.4, 0.5) is 13.2 Å². The zero-order valence-corrected chi connectivity index (χ0v) is 15.5. The fourth-order valence-electron chi connectivity index (χ4n) is 3.06. The van der Waals surface area contributed by atoms with Gasteiger partial charge in [0.05, 0.1) is 0 Å². The third-order valence-electron chi connectivity index (χ3n) is 4.60. The van der Waals surface area contributed by atoms with Gasteiger partial charge in [-0.25, -0.2) is 4.98 Å². The number of piperidine rings is 1. The van der Waals surface area contributed by atoms with Crippen molar-refractivity contribution in [2.45, 2.75) is 25.1 Å². The first-order valence-electron chi connectivity index (χ1n) is 9.13. The van der Waals surface area contributed by atoms with Gasteiger partial charge >= 0.3 is 12.2 Å². The van der Waals surface area contributed by atoms with Crippen LogP contribution >= 0.6 is 0 Å². The van der Waals surface area contributed by atoms with Crippen LogP contribution in [0.1, 0.15) is 29.0 Å². The fourth-order valence-corrected chi connectivity index (χ4v) is 3.06. The first kappa shape index (κ1) is 19.8. The zero-order valence-electron chi connectivity index (χ0n) is 15.5. The van der Waals surface area contributed by atoms with Gasteiger partial charge in [0.15, 0.2) is 17.1 Å². The number of hydrogen-bond acceptors (Lipinski definition) is 7. The number of hydrogen-bond donors (Lipinski definition) is 0. The van der Waals surface area contributed by atoms with Gasteiger partial charge in [-0.2, -0.15) is 18.2 Å². The molecule has 0 radical (unpaired) electrons. The second kappa shape index (κ2) is 8.09. The van der Waals surface area contributed by atoms with Crippen molar-refractivity contribution in [2.24, 2.45) is 0 Å². The summed E-state index contributed by atoms with van der Waals surface area (Å²) >= 11 is 0. The summed E-state index contributed by atoms with van der Waals surface area (Å²) in [7, 11) is 0. The van der Waals surface area contributed by atoms with Gasteiger partial charge < -0.3 is 14.2 Å². The van der Waals surface area contributed by atoms with Crippen molar-refractivity contribution < 1.29 is 27.2 Å². The molecule has 1 amide bonds. The van der Waals surface area contributed by atoms with Gasteiger partial charge in [0.25, 0.3) is 5.91 Å². The van der Waals surface area contributed by atoms with Gasteiger partial charge in [-0.05, 0) is 18.2 Å². The molecule has 0 saturated carbocycles. The summed E-state index contributed by atoms with van der Waals surface area (Å²) in [6.45, 7) is 0.717. The summed E-state index contributed by atoms with van der Waals surface area (Å²) in [5.74, 6) is 0.147. The average Bonchev–Trinajstić information content (AvgIpc) is 3.24. The van der Waals surface area contributed by atoms with Crippen LogP contribution in [0, 0.1) is 0 Å². The van der Waals surface area contributed by atoms with Crippen LogP contribution in [-0.4, -0.2) is 50.1 Å². The van der Waals surface area contributed by atoms with E-state index in [4.69, 9.17) is 9.26 Å². The number of halogens is 3. The number of carbonyl (C=O) groups excluding carboxylic acids is 1. The van der Waals surface area contributed by atoms with Crippen LogP contribution in [0.5, 0.6) is 6.01 Å². The summed E-state index contributed by atoms with van der Waals surface area (Å²) < 4.78 is 49.0. The minimum atomic E-state index is -4.57. The number of aromatic nitrogens is 4. The van der Waals surface area contributed by atoms with Crippen LogP contribution < -0.4 is 4.74 Å². The quantitative estimate of drug-likeness (QED) is 0.641. The molecule has 30 heavy (non-hydrogen) atoms. The highest BCUT2D eigenvalue weighted by molar-refractivity contribution is 5.93. The van der Waals surface area contributed by atoms with Crippen molar-refractivity contribution in [2.75, 3.05) is 13.1 Å². The van der Waals surface area contributed by atoms with E-state index in [2.05, 4.69) is 20.1 Å². The molecule has 0 atom stereocenters. The number of pyridine rings is 1. The van der Waals surface area contributed by atoms with E-state index >= 15 is 0 Å². The molecule has 0 aliphatic carbocycles. The van der Waals surface area contributed by atoms with E-state index in [1.165, 1.54) is 0 Å². The van der Waals surface area contributed by atoms with E-state index in [0.29, 0.717) is 37.3 Å². The molecule has 156 valence electrons. The number of carbonyl (C=O) groups is 1. The number of amides is 1. The minimum absolute atomic E-state index is 0.175. The lowest BCUT2D eigenvalue weighted by molar-refractivity contribution is -0.141. The van der Waals surface area contributed by atoms with Gasteiger partial charge in [0, 0.05) is 56.2 Å². The Labute approximate surface area is 168 Å². The van der Waals surface area contributed by atoms with Crippen LogP contribution in [0.25, 0.3) is 11.3 Å². The Bertz CT molecular complexity index is 1020. The van der Waals surface area contributed by atoms with Gasteiger partial charge in [-0.3, -0.25) is 9.78 Å². The van der Waals surface area contributed by atoms with Crippen LogP contribution in [0.15, 0.2) is 47.4 Å². The van der Waals surface area contributed by atoms with E-state index in [1.54, 1.807) is 35.5 Å². The average molecular weight is 419 g/mol. The molecule has 1 aliphatic rings. The molecule has 11 heteroatoms. The molecule has 1 saturated heterocycles. The summed E-state index contributed by atoms with van der Waals surface area (Å²) in [5, 5.41) is 3.84. The van der Waals surface area contributed by atoms with Crippen LogP contribution in [0.3, 0.4) is 0 Å². The molecule has 3 aromatic heterocycles. The molecule has 0 spiro atoms. The molecule has 1 fully saturated rings. The van der Waals surface area contributed by atoms with Crippen molar-refractivity contribution in [1.29, 1.82) is 0 Å². The van der Waals surface area contributed by atoms with Crippen LogP contribution in [-0.2, 0) is 6.18 Å². The Hall–Kier alpha value is -3.50. The lowest BCUT2D eigenvalue weighted by atomic mass is 10.1. The third kappa shape index (κ3) is 4.39. The molecule has 8 nitrogen and oxygen atoms in total. The molecular formula is C19H16F3N5O3. The highest BCUT2D eigenvalue weighted by atomic mass is 19.4. The monoisotopic (exact) mass is 419 g/mol. The Kier molecular flexibility index (Phi) is 5.34. The van der Waals surface area contributed by atoms with Crippen LogP contribution in [0.2, 0.25) is 0 Å². The van der Waals surface area contributed by atoms with E-state index in [-0.39, 0.29) is 23.7 Å². The topological polar surface area (TPSA) is 94.2 Å². The fraction of sp³-hybridized carbons (Fsp3) is 0.316. The molecule has 0 unspecified atom stereocenters. The normalized spacial score (nSPS) is 15.2. The SMILES string of the molecule is O=C(c1cc(-c2cccnc2)on1)N1CCC(Oc2nccc(C(F)(F)F)n2)CC1. The number of rotatable bonds is 4.